The zero-order chi connectivity index (χ0) is 21.7. The molecule has 0 radical (unpaired) electrons. The standard InChI is InChI=1S/C26H41NO3/c1-5-18-22-14-17(30-15-28)8-11-26(22,4)21-9-12-25(3)19(16(2)10-13-27)6-7-20(25)23(21)24(18)29/h16-23,28H,5-12,14-15H2,1-4H3/t16-,17-,18-,19-,20+,21+,22+,23+,25-,26-/m1/s1. The topological polar surface area (TPSA) is 70.3 Å². The van der Waals surface area contributed by atoms with Crippen LogP contribution < -0.4 is 0 Å². The van der Waals surface area contributed by atoms with Crippen LogP contribution in [0.15, 0.2) is 0 Å². The molecule has 0 bridgehead atoms. The molecule has 0 saturated heterocycles. The lowest BCUT2D eigenvalue weighted by atomic mass is 9.42. The summed E-state index contributed by atoms with van der Waals surface area (Å²) in [5, 5.41) is 18.5. The number of carbonyl (C=O) groups is 1. The first-order valence-corrected chi connectivity index (χ1v) is 12.4. The van der Waals surface area contributed by atoms with E-state index < -0.39 is 0 Å². The maximum Gasteiger partial charge on any atom is 0.143 e. The maximum atomic E-state index is 14.0. The van der Waals surface area contributed by atoms with Crippen molar-refractivity contribution in [3.63, 3.8) is 0 Å². The van der Waals surface area contributed by atoms with E-state index in [4.69, 9.17) is 4.74 Å². The normalized spacial score (nSPS) is 48.9. The Morgan fingerprint density at radius 1 is 1.13 bits per heavy atom. The maximum absolute atomic E-state index is 14.0. The molecule has 0 unspecified atom stereocenters. The van der Waals surface area contributed by atoms with E-state index in [9.17, 15) is 15.2 Å². The highest BCUT2D eigenvalue weighted by Crippen LogP contribution is 2.68. The van der Waals surface area contributed by atoms with Crippen LogP contribution in [0.2, 0.25) is 0 Å². The zero-order valence-corrected chi connectivity index (χ0v) is 19.4. The SMILES string of the molecule is CC[C@H]1C(=O)[C@@H]2[C@H](CC[C@]3(C)[C@@H]([C@H](C)CC#N)CC[C@@H]23)[C@@]2(C)CC[C@@H](OCO)C[C@@H]12. The third-order valence-corrected chi connectivity index (χ3v) is 10.6. The summed E-state index contributed by atoms with van der Waals surface area (Å²) in [6, 6.07) is 2.40. The first kappa shape index (κ1) is 22.3. The van der Waals surface area contributed by atoms with Gasteiger partial charge in [0.05, 0.1) is 12.2 Å². The van der Waals surface area contributed by atoms with Gasteiger partial charge in [-0.15, -0.1) is 0 Å². The van der Waals surface area contributed by atoms with Gasteiger partial charge in [0, 0.05) is 18.3 Å². The number of nitriles is 1. The van der Waals surface area contributed by atoms with Gasteiger partial charge < -0.3 is 9.84 Å². The molecule has 4 aliphatic rings. The van der Waals surface area contributed by atoms with E-state index in [0.29, 0.717) is 41.8 Å². The van der Waals surface area contributed by atoms with Crippen molar-refractivity contribution in [3.8, 4) is 6.07 Å². The summed E-state index contributed by atoms with van der Waals surface area (Å²) < 4.78 is 5.61. The number of ketones is 1. The lowest BCUT2D eigenvalue weighted by Crippen LogP contribution is -2.60. The first-order valence-electron chi connectivity index (χ1n) is 12.4. The van der Waals surface area contributed by atoms with Crippen molar-refractivity contribution in [2.24, 2.45) is 52.3 Å². The molecule has 0 heterocycles. The number of hydrogen-bond donors (Lipinski definition) is 1. The zero-order valence-electron chi connectivity index (χ0n) is 19.4. The molecule has 168 valence electrons. The minimum absolute atomic E-state index is 0.100. The lowest BCUT2D eigenvalue weighted by molar-refractivity contribution is -0.179. The molecule has 4 saturated carbocycles. The molecule has 0 aromatic rings. The van der Waals surface area contributed by atoms with E-state index >= 15 is 0 Å². The van der Waals surface area contributed by atoms with Crippen molar-refractivity contribution < 1.29 is 14.6 Å². The minimum Gasteiger partial charge on any atom is -0.371 e. The molecule has 0 aliphatic heterocycles. The number of nitrogens with zero attached hydrogens (tertiary/aromatic N) is 1. The molecule has 0 aromatic heterocycles. The molecule has 0 spiro atoms. The summed E-state index contributed by atoms with van der Waals surface area (Å²) in [6.07, 6.45) is 9.43. The summed E-state index contributed by atoms with van der Waals surface area (Å²) in [6.45, 7) is 9.16. The van der Waals surface area contributed by atoms with Crippen LogP contribution in [0.3, 0.4) is 0 Å². The second-order valence-corrected chi connectivity index (χ2v) is 11.5. The highest BCUT2D eigenvalue weighted by atomic mass is 16.6. The van der Waals surface area contributed by atoms with Crippen LogP contribution in [0.1, 0.15) is 85.5 Å². The summed E-state index contributed by atoms with van der Waals surface area (Å²) in [5.74, 6) is 3.28. The molecule has 4 nitrogen and oxygen atoms in total. The fraction of sp³-hybridized carbons (Fsp3) is 0.923. The molecule has 4 heteroatoms. The van der Waals surface area contributed by atoms with E-state index in [0.717, 1.165) is 38.5 Å². The lowest BCUT2D eigenvalue weighted by Gasteiger charge is -2.62. The van der Waals surface area contributed by atoms with Gasteiger partial charge in [-0.25, -0.2) is 0 Å². The largest absolute Gasteiger partial charge is 0.371 e. The van der Waals surface area contributed by atoms with Crippen molar-refractivity contribution in [2.75, 3.05) is 6.79 Å². The number of ether oxygens (including phenoxy) is 1. The smallest absolute Gasteiger partial charge is 0.143 e. The van der Waals surface area contributed by atoms with Crippen molar-refractivity contribution >= 4 is 5.78 Å². The Morgan fingerprint density at radius 2 is 1.83 bits per heavy atom. The highest BCUT2D eigenvalue weighted by Gasteiger charge is 2.65. The Kier molecular flexibility index (Phi) is 6.10. The number of aliphatic hydroxyl groups is 1. The van der Waals surface area contributed by atoms with Gasteiger partial charge in [-0.3, -0.25) is 4.79 Å². The average Bonchev–Trinajstić information content (AvgIpc) is 3.07. The number of aliphatic hydroxyl groups excluding tert-OH is 1. The number of carbonyl (C=O) groups excluding carboxylic acids is 1. The Morgan fingerprint density at radius 3 is 2.50 bits per heavy atom. The third kappa shape index (κ3) is 3.18. The molecule has 30 heavy (non-hydrogen) atoms. The van der Waals surface area contributed by atoms with Gasteiger partial charge in [0.2, 0.25) is 0 Å². The van der Waals surface area contributed by atoms with Crippen LogP contribution in [-0.2, 0) is 9.53 Å². The van der Waals surface area contributed by atoms with E-state index in [2.05, 4.69) is 33.8 Å². The van der Waals surface area contributed by atoms with Crippen molar-refractivity contribution in [1.29, 1.82) is 5.26 Å². The molecule has 0 amide bonds. The fourth-order valence-corrected chi connectivity index (χ4v) is 9.14. The summed E-state index contributed by atoms with van der Waals surface area (Å²) in [7, 11) is 0. The van der Waals surface area contributed by atoms with Gasteiger partial charge in [0.25, 0.3) is 0 Å². The second-order valence-electron chi connectivity index (χ2n) is 11.5. The number of hydrogen-bond acceptors (Lipinski definition) is 4. The molecule has 4 aliphatic carbocycles. The molecule has 4 fully saturated rings. The summed E-state index contributed by atoms with van der Waals surface area (Å²) >= 11 is 0. The van der Waals surface area contributed by atoms with E-state index in [1.165, 1.54) is 12.8 Å². The van der Waals surface area contributed by atoms with Crippen molar-refractivity contribution in [1.82, 2.24) is 0 Å². The number of rotatable bonds is 5. The average molecular weight is 416 g/mol. The number of Topliss-reactive ketones (excluding diaryl/α,β-unsaturated/α-hetero) is 1. The van der Waals surface area contributed by atoms with Gasteiger partial charge in [0.1, 0.15) is 12.6 Å². The van der Waals surface area contributed by atoms with Gasteiger partial charge in [-0.05, 0) is 91.8 Å². The van der Waals surface area contributed by atoms with Crippen molar-refractivity contribution in [3.05, 3.63) is 0 Å². The Labute approximate surface area is 182 Å². The van der Waals surface area contributed by atoms with E-state index in [1.54, 1.807) is 0 Å². The minimum atomic E-state index is -0.215. The first-order chi connectivity index (χ1) is 14.3. The molecule has 1 N–H and O–H groups in total. The number of fused-ring (bicyclic) bond motifs is 5. The quantitative estimate of drug-likeness (QED) is 0.615. The summed E-state index contributed by atoms with van der Waals surface area (Å²) in [4.78, 5) is 14.0. The van der Waals surface area contributed by atoms with E-state index in [-0.39, 0.29) is 35.6 Å². The van der Waals surface area contributed by atoms with E-state index in [1.807, 2.05) is 0 Å². The third-order valence-electron chi connectivity index (χ3n) is 10.6. The molecular formula is C26H41NO3. The van der Waals surface area contributed by atoms with Crippen LogP contribution in [0.5, 0.6) is 0 Å². The van der Waals surface area contributed by atoms with Crippen LogP contribution in [-0.4, -0.2) is 23.8 Å². The monoisotopic (exact) mass is 415 g/mol. The Balaban J connectivity index is 1.65. The molecule has 0 aromatic carbocycles. The predicted octanol–water partition coefficient (Wildman–Crippen LogP) is 5.35. The summed E-state index contributed by atoms with van der Waals surface area (Å²) in [5.41, 5.74) is 0.429. The Hall–Kier alpha value is -0.920. The molecule has 4 rings (SSSR count). The van der Waals surface area contributed by atoms with Crippen LogP contribution in [0, 0.1) is 63.6 Å². The van der Waals surface area contributed by atoms with Gasteiger partial charge in [-0.2, -0.15) is 5.26 Å². The predicted molar refractivity (Wildman–Crippen MR) is 116 cm³/mol. The second kappa shape index (κ2) is 8.21. The van der Waals surface area contributed by atoms with Gasteiger partial charge in [-0.1, -0.05) is 27.7 Å². The van der Waals surface area contributed by atoms with Crippen LogP contribution >= 0.6 is 0 Å². The molecule has 10 atom stereocenters. The van der Waals surface area contributed by atoms with Gasteiger partial charge in [0.15, 0.2) is 0 Å². The molecular weight excluding hydrogens is 374 g/mol. The van der Waals surface area contributed by atoms with Gasteiger partial charge >= 0.3 is 0 Å². The Bertz CT molecular complexity index is 701. The van der Waals surface area contributed by atoms with Crippen molar-refractivity contribution in [2.45, 2.75) is 91.6 Å². The van der Waals surface area contributed by atoms with Crippen LogP contribution in [0.25, 0.3) is 0 Å². The van der Waals surface area contributed by atoms with Crippen LogP contribution in [0.4, 0.5) is 0 Å². The highest BCUT2D eigenvalue weighted by molar-refractivity contribution is 5.86. The fourth-order valence-electron chi connectivity index (χ4n) is 9.14.